The Morgan fingerprint density at radius 2 is 1.95 bits per heavy atom. The number of anilines is 1. The smallest absolute Gasteiger partial charge is 0.171 e. The zero-order valence-corrected chi connectivity index (χ0v) is 13.8. The molecule has 0 saturated carbocycles. The van der Waals surface area contributed by atoms with Crippen molar-refractivity contribution in [2.45, 2.75) is 6.54 Å². The molecule has 110 valence electrons. The lowest BCUT2D eigenvalue weighted by Gasteiger charge is -2.20. The van der Waals surface area contributed by atoms with E-state index in [0.717, 1.165) is 21.7 Å². The first-order chi connectivity index (χ1) is 10.0. The molecule has 21 heavy (non-hydrogen) atoms. The fraction of sp³-hybridized carbons (Fsp3) is 0.133. The molecule has 2 aromatic rings. The minimum absolute atomic E-state index is 0.0776. The van der Waals surface area contributed by atoms with Crippen molar-refractivity contribution in [3.8, 4) is 0 Å². The van der Waals surface area contributed by atoms with Crippen LogP contribution >= 0.6 is 27.5 Å². The molecule has 0 aliphatic carbocycles. The van der Waals surface area contributed by atoms with E-state index < -0.39 is 0 Å². The van der Waals surface area contributed by atoms with Crippen molar-refractivity contribution >= 4 is 39.1 Å². The third kappa shape index (κ3) is 3.89. The SMILES string of the molecule is CN(Cc1ccc(Cl)cc1)c1ccc(/C(N)=N/O)c(Br)c1. The van der Waals surface area contributed by atoms with E-state index in [1.807, 2.05) is 49.5 Å². The van der Waals surface area contributed by atoms with Crippen LogP contribution in [0.25, 0.3) is 0 Å². The summed E-state index contributed by atoms with van der Waals surface area (Å²) in [6.07, 6.45) is 0. The molecule has 4 nitrogen and oxygen atoms in total. The molecule has 0 fully saturated rings. The van der Waals surface area contributed by atoms with Crippen LogP contribution in [0.5, 0.6) is 0 Å². The third-order valence-electron chi connectivity index (χ3n) is 3.11. The Hall–Kier alpha value is -1.72. The molecule has 2 aromatic carbocycles. The summed E-state index contributed by atoms with van der Waals surface area (Å²) in [5, 5.41) is 12.5. The molecule has 0 amide bonds. The number of amidine groups is 1. The van der Waals surface area contributed by atoms with Gasteiger partial charge in [0.05, 0.1) is 0 Å². The predicted molar refractivity (Wildman–Crippen MR) is 90.2 cm³/mol. The highest BCUT2D eigenvalue weighted by Gasteiger charge is 2.09. The Kier molecular flexibility index (Phi) is 5.09. The number of nitrogens with two attached hydrogens (primary N) is 1. The Balaban J connectivity index is 2.18. The molecular formula is C15H15BrClN3O. The van der Waals surface area contributed by atoms with Gasteiger partial charge < -0.3 is 15.8 Å². The van der Waals surface area contributed by atoms with Gasteiger partial charge in [-0.2, -0.15) is 0 Å². The van der Waals surface area contributed by atoms with Crippen molar-refractivity contribution in [1.29, 1.82) is 0 Å². The molecule has 0 atom stereocenters. The highest BCUT2D eigenvalue weighted by Crippen LogP contribution is 2.24. The fourth-order valence-corrected chi connectivity index (χ4v) is 2.65. The number of benzene rings is 2. The first-order valence-electron chi connectivity index (χ1n) is 6.24. The number of hydrogen-bond acceptors (Lipinski definition) is 3. The van der Waals surface area contributed by atoms with E-state index in [1.165, 1.54) is 5.56 Å². The number of rotatable bonds is 4. The summed E-state index contributed by atoms with van der Waals surface area (Å²) in [5.74, 6) is 0.0776. The van der Waals surface area contributed by atoms with E-state index in [9.17, 15) is 0 Å². The van der Waals surface area contributed by atoms with Crippen LogP contribution in [0.1, 0.15) is 11.1 Å². The summed E-state index contributed by atoms with van der Waals surface area (Å²) in [5.41, 5.74) is 8.44. The second kappa shape index (κ2) is 6.83. The second-order valence-corrected chi connectivity index (χ2v) is 5.92. The lowest BCUT2D eigenvalue weighted by Crippen LogP contribution is -2.18. The summed E-state index contributed by atoms with van der Waals surface area (Å²) in [7, 11) is 2.00. The van der Waals surface area contributed by atoms with Crippen molar-refractivity contribution < 1.29 is 5.21 Å². The van der Waals surface area contributed by atoms with Crippen LogP contribution in [0, 0.1) is 0 Å². The first kappa shape index (κ1) is 15.7. The number of hydrogen-bond donors (Lipinski definition) is 2. The quantitative estimate of drug-likeness (QED) is 0.373. The summed E-state index contributed by atoms with van der Waals surface area (Å²) >= 11 is 9.32. The van der Waals surface area contributed by atoms with E-state index in [2.05, 4.69) is 26.0 Å². The molecule has 0 aromatic heterocycles. The number of halogens is 2. The van der Waals surface area contributed by atoms with Crippen LogP contribution in [-0.2, 0) is 6.54 Å². The molecule has 6 heteroatoms. The van der Waals surface area contributed by atoms with Gasteiger partial charge in [0, 0.05) is 34.3 Å². The molecule has 0 saturated heterocycles. The van der Waals surface area contributed by atoms with E-state index in [4.69, 9.17) is 22.5 Å². The van der Waals surface area contributed by atoms with Crippen molar-refractivity contribution in [2.75, 3.05) is 11.9 Å². The third-order valence-corrected chi connectivity index (χ3v) is 4.02. The summed E-state index contributed by atoms with van der Waals surface area (Å²) in [4.78, 5) is 2.10. The van der Waals surface area contributed by atoms with Crippen LogP contribution in [0.4, 0.5) is 5.69 Å². The second-order valence-electron chi connectivity index (χ2n) is 4.63. The van der Waals surface area contributed by atoms with Crippen molar-refractivity contribution in [1.82, 2.24) is 0 Å². The van der Waals surface area contributed by atoms with Gasteiger partial charge in [0.25, 0.3) is 0 Å². The zero-order chi connectivity index (χ0) is 15.4. The van der Waals surface area contributed by atoms with E-state index in [-0.39, 0.29) is 5.84 Å². The van der Waals surface area contributed by atoms with Crippen LogP contribution in [-0.4, -0.2) is 18.1 Å². The largest absolute Gasteiger partial charge is 0.409 e. The Morgan fingerprint density at radius 1 is 1.29 bits per heavy atom. The van der Waals surface area contributed by atoms with Crippen molar-refractivity contribution in [3.05, 3.63) is 63.1 Å². The van der Waals surface area contributed by atoms with Gasteiger partial charge in [0.15, 0.2) is 5.84 Å². The highest BCUT2D eigenvalue weighted by molar-refractivity contribution is 9.10. The maximum absolute atomic E-state index is 8.73. The topological polar surface area (TPSA) is 61.8 Å². The molecule has 2 rings (SSSR count). The average Bonchev–Trinajstić information content (AvgIpc) is 2.48. The molecule has 3 N–H and O–H groups in total. The summed E-state index contributed by atoms with van der Waals surface area (Å²) < 4.78 is 0.776. The first-order valence-corrected chi connectivity index (χ1v) is 7.41. The minimum Gasteiger partial charge on any atom is -0.409 e. The number of nitrogens with zero attached hydrogens (tertiary/aromatic N) is 2. The Bertz CT molecular complexity index is 658. The Labute approximate surface area is 136 Å². The zero-order valence-electron chi connectivity index (χ0n) is 11.4. The van der Waals surface area contributed by atoms with Gasteiger partial charge in [-0.05, 0) is 51.8 Å². The van der Waals surface area contributed by atoms with Crippen LogP contribution in [0.3, 0.4) is 0 Å². The predicted octanol–water partition coefficient (Wildman–Crippen LogP) is 3.83. The normalized spacial score (nSPS) is 11.5. The standard InChI is InChI=1S/C15H15BrClN3O/c1-20(9-10-2-4-11(17)5-3-10)12-6-7-13(14(16)8-12)15(18)19-21/h2-8,21H,9H2,1H3,(H2,18,19). The van der Waals surface area contributed by atoms with E-state index in [0.29, 0.717) is 5.56 Å². The average molecular weight is 369 g/mol. The molecule has 0 spiro atoms. The monoisotopic (exact) mass is 367 g/mol. The highest BCUT2D eigenvalue weighted by atomic mass is 79.9. The lowest BCUT2D eigenvalue weighted by molar-refractivity contribution is 0.318. The van der Waals surface area contributed by atoms with Gasteiger partial charge in [0.2, 0.25) is 0 Å². The van der Waals surface area contributed by atoms with Gasteiger partial charge in [-0.25, -0.2) is 0 Å². The molecule has 0 unspecified atom stereocenters. The minimum atomic E-state index is 0.0776. The number of oxime groups is 1. The van der Waals surface area contributed by atoms with E-state index in [1.54, 1.807) is 0 Å². The molecule has 0 radical (unpaired) electrons. The summed E-state index contributed by atoms with van der Waals surface area (Å²) in [6.45, 7) is 0.756. The van der Waals surface area contributed by atoms with Gasteiger partial charge in [-0.1, -0.05) is 28.9 Å². The summed E-state index contributed by atoms with van der Waals surface area (Å²) in [6, 6.07) is 13.4. The molecule has 0 heterocycles. The van der Waals surface area contributed by atoms with Crippen LogP contribution in [0.2, 0.25) is 5.02 Å². The maximum Gasteiger partial charge on any atom is 0.171 e. The van der Waals surface area contributed by atoms with Crippen molar-refractivity contribution in [3.63, 3.8) is 0 Å². The van der Waals surface area contributed by atoms with Gasteiger partial charge >= 0.3 is 0 Å². The lowest BCUT2D eigenvalue weighted by atomic mass is 10.1. The Morgan fingerprint density at radius 3 is 2.52 bits per heavy atom. The molecule has 0 bridgehead atoms. The van der Waals surface area contributed by atoms with Crippen LogP contribution < -0.4 is 10.6 Å². The molecule has 0 aliphatic rings. The fourth-order valence-electron chi connectivity index (χ4n) is 1.96. The molecular weight excluding hydrogens is 354 g/mol. The maximum atomic E-state index is 8.73. The molecule has 0 aliphatic heterocycles. The van der Waals surface area contributed by atoms with Gasteiger partial charge in [-0.3, -0.25) is 0 Å². The van der Waals surface area contributed by atoms with Crippen molar-refractivity contribution in [2.24, 2.45) is 10.9 Å². The van der Waals surface area contributed by atoms with Gasteiger partial charge in [0.1, 0.15) is 0 Å². The van der Waals surface area contributed by atoms with E-state index >= 15 is 0 Å². The van der Waals surface area contributed by atoms with Gasteiger partial charge in [-0.15, -0.1) is 0 Å². The van der Waals surface area contributed by atoms with Crippen LogP contribution in [0.15, 0.2) is 52.1 Å².